The normalized spacial score (nSPS) is 25.0. The fourth-order valence-electron chi connectivity index (χ4n) is 3.98. The van der Waals surface area contributed by atoms with Crippen LogP contribution >= 0.6 is 0 Å². The van der Waals surface area contributed by atoms with E-state index in [-0.39, 0.29) is 5.54 Å². The largest absolute Gasteiger partial charge is 0.481 e. The molecule has 0 heterocycles. The molecule has 0 bridgehead atoms. The van der Waals surface area contributed by atoms with Gasteiger partial charge in [0, 0.05) is 11.6 Å². The molecule has 2 saturated carbocycles. The summed E-state index contributed by atoms with van der Waals surface area (Å²) in [4.78, 5) is 13.7. The van der Waals surface area contributed by atoms with Crippen molar-refractivity contribution in [3.8, 4) is 0 Å². The molecule has 3 nitrogen and oxygen atoms in total. The molecule has 1 atom stereocenters. The van der Waals surface area contributed by atoms with Crippen molar-refractivity contribution in [2.45, 2.75) is 82.7 Å². The lowest BCUT2D eigenvalue weighted by atomic mass is 9.75. The van der Waals surface area contributed by atoms with E-state index in [1.165, 1.54) is 44.9 Å². The van der Waals surface area contributed by atoms with Gasteiger partial charge in [0.25, 0.3) is 0 Å². The number of rotatable bonds is 6. The predicted molar refractivity (Wildman–Crippen MR) is 77.3 cm³/mol. The first-order valence-electron chi connectivity index (χ1n) is 7.98. The Hall–Kier alpha value is -0.570. The van der Waals surface area contributed by atoms with E-state index in [4.69, 9.17) is 0 Å². The summed E-state index contributed by atoms with van der Waals surface area (Å²) >= 11 is 0. The Morgan fingerprint density at radius 3 is 2.37 bits per heavy atom. The van der Waals surface area contributed by atoms with Gasteiger partial charge in [-0.25, -0.2) is 0 Å². The first kappa shape index (κ1) is 14.8. The van der Waals surface area contributed by atoms with E-state index in [9.17, 15) is 9.90 Å². The van der Waals surface area contributed by atoms with Crippen molar-refractivity contribution in [3.63, 3.8) is 0 Å². The van der Waals surface area contributed by atoms with Gasteiger partial charge < -0.3 is 5.11 Å². The Balaban J connectivity index is 2.00. The van der Waals surface area contributed by atoms with Gasteiger partial charge in [0.15, 0.2) is 0 Å². The zero-order valence-corrected chi connectivity index (χ0v) is 12.5. The average molecular weight is 267 g/mol. The molecule has 0 saturated heterocycles. The maximum Gasteiger partial charge on any atom is 0.305 e. The third kappa shape index (κ3) is 3.50. The van der Waals surface area contributed by atoms with E-state index in [1.807, 2.05) is 0 Å². The molecule has 2 aliphatic carbocycles. The summed E-state index contributed by atoms with van der Waals surface area (Å²) in [5.74, 6) is 0.257. The van der Waals surface area contributed by atoms with Crippen molar-refractivity contribution in [2.75, 3.05) is 7.05 Å². The van der Waals surface area contributed by atoms with Crippen LogP contribution in [0.25, 0.3) is 0 Å². The van der Waals surface area contributed by atoms with Gasteiger partial charge in [0.1, 0.15) is 0 Å². The van der Waals surface area contributed by atoms with Gasteiger partial charge in [0.2, 0.25) is 0 Å². The minimum absolute atomic E-state index is 0.0761. The molecule has 19 heavy (non-hydrogen) atoms. The Kier molecular flexibility index (Phi) is 4.88. The first-order chi connectivity index (χ1) is 9.03. The van der Waals surface area contributed by atoms with E-state index >= 15 is 0 Å². The highest BCUT2D eigenvalue weighted by molar-refractivity contribution is 5.68. The van der Waals surface area contributed by atoms with Crippen LogP contribution in [0.3, 0.4) is 0 Å². The molecule has 3 heteroatoms. The van der Waals surface area contributed by atoms with Crippen LogP contribution in [0.1, 0.15) is 71.1 Å². The second-order valence-corrected chi connectivity index (χ2v) is 6.85. The number of nitrogens with zero attached hydrogens (tertiary/aromatic N) is 1. The minimum atomic E-state index is -0.635. The first-order valence-corrected chi connectivity index (χ1v) is 7.98. The van der Waals surface area contributed by atoms with E-state index in [0.29, 0.717) is 12.5 Å². The van der Waals surface area contributed by atoms with Crippen LogP contribution in [0.15, 0.2) is 0 Å². The monoisotopic (exact) mass is 267 g/mol. The van der Waals surface area contributed by atoms with Gasteiger partial charge in [-0.15, -0.1) is 0 Å². The fourth-order valence-corrected chi connectivity index (χ4v) is 3.98. The second-order valence-electron chi connectivity index (χ2n) is 6.85. The Labute approximate surface area is 117 Å². The standard InChI is InChI=1S/C16H29NO2/c1-13(11-14-7-6-8-14)17(2)16(12-15(18)19)9-4-3-5-10-16/h13-14H,3-12H2,1-2H3,(H,18,19). The molecular weight excluding hydrogens is 238 g/mol. The topological polar surface area (TPSA) is 40.5 Å². The Morgan fingerprint density at radius 2 is 1.89 bits per heavy atom. The van der Waals surface area contributed by atoms with E-state index in [0.717, 1.165) is 18.8 Å². The van der Waals surface area contributed by atoms with Crippen molar-refractivity contribution in [2.24, 2.45) is 5.92 Å². The molecule has 0 radical (unpaired) electrons. The summed E-state index contributed by atoms with van der Waals surface area (Å²) in [6.07, 6.45) is 11.5. The van der Waals surface area contributed by atoms with Gasteiger partial charge >= 0.3 is 5.97 Å². The third-order valence-electron chi connectivity index (χ3n) is 5.57. The molecule has 0 aliphatic heterocycles. The summed E-state index contributed by atoms with van der Waals surface area (Å²) in [5.41, 5.74) is -0.0761. The van der Waals surface area contributed by atoms with Gasteiger partial charge in [-0.05, 0) is 39.2 Å². The molecule has 2 fully saturated rings. The lowest BCUT2D eigenvalue weighted by Crippen LogP contribution is -2.53. The van der Waals surface area contributed by atoms with Crippen molar-refractivity contribution in [1.82, 2.24) is 4.90 Å². The van der Waals surface area contributed by atoms with Gasteiger partial charge in [0.05, 0.1) is 6.42 Å². The summed E-state index contributed by atoms with van der Waals surface area (Å²) in [6.45, 7) is 2.29. The van der Waals surface area contributed by atoms with Crippen LogP contribution < -0.4 is 0 Å². The highest BCUT2D eigenvalue weighted by Gasteiger charge is 2.40. The average Bonchev–Trinajstić information content (AvgIpc) is 2.33. The molecule has 1 unspecified atom stereocenters. The van der Waals surface area contributed by atoms with Gasteiger partial charge in [-0.1, -0.05) is 38.5 Å². The Bertz CT molecular complexity index is 306. The molecule has 0 amide bonds. The van der Waals surface area contributed by atoms with E-state index < -0.39 is 5.97 Å². The molecule has 1 N–H and O–H groups in total. The molecule has 0 spiro atoms. The number of hydrogen-bond donors (Lipinski definition) is 1. The lowest BCUT2D eigenvalue weighted by molar-refractivity contribution is -0.141. The quantitative estimate of drug-likeness (QED) is 0.798. The molecule has 2 aliphatic rings. The molecular formula is C16H29NO2. The van der Waals surface area contributed by atoms with E-state index in [1.54, 1.807) is 0 Å². The maximum atomic E-state index is 11.3. The second kappa shape index (κ2) is 6.25. The van der Waals surface area contributed by atoms with Gasteiger partial charge in [-0.3, -0.25) is 9.69 Å². The smallest absolute Gasteiger partial charge is 0.305 e. The van der Waals surface area contributed by atoms with Crippen LogP contribution in [-0.4, -0.2) is 34.6 Å². The summed E-state index contributed by atoms with van der Waals surface area (Å²) in [5, 5.41) is 9.27. The minimum Gasteiger partial charge on any atom is -0.481 e. The summed E-state index contributed by atoms with van der Waals surface area (Å²) < 4.78 is 0. The molecule has 0 aromatic heterocycles. The third-order valence-corrected chi connectivity index (χ3v) is 5.57. The molecule has 110 valence electrons. The fraction of sp³-hybridized carbons (Fsp3) is 0.938. The number of aliphatic carboxylic acids is 1. The highest BCUT2D eigenvalue weighted by Crippen LogP contribution is 2.39. The van der Waals surface area contributed by atoms with E-state index in [2.05, 4.69) is 18.9 Å². The van der Waals surface area contributed by atoms with Crippen LogP contribution in [0.5, 0.6) is 0 Å². The number of carboxylic acids is 1. The van der Waals surface area contributed by atoms with Crippen molar-refractivity contribution in [3.05, 3.63) is 0 Å². The lowest BCUT2D eigenvalue weighted by Gasteiger charge is -2.48. The van der Waals surface area contributed by atoms with Crippen LogP contribution in [0.4, 0.5) is 0 Å². The highest BCUT2D eigenvalue weighted by atomic mass is 16.4. The predicted octanol–water partition coefficient (Wildman–Crippen LogP) is 3.67. The summed E-state index contributed by atoms with van der Waals surface area (Å²) in [6, 6.07) is 0.516. The zero-order valence-electron chi connectivity index (χ0n) is 12.5. The summed E-state index contributed by atoms with van der Waals surface area (Å²) in [7, 11) is 2.16. The number of hydrogen-bond acceptors (Lipinski definition) is 2. The van der Waals surface area contributed by atoms with Crippen LogP contribution in [0, 0.1) is 5.92 Å². The zero-order chi connectivity index (χ0) is 13.9. The van der Waals surface area contributed by atoms with Crippen molar-refractivity contribution in [1.29, 1.82) is 0 Å². The number of carbonyl (C=O) groups is 1. The maximum absolute atomic E-state index is 11.3. The molecule has 0 aromatic rings. The van der Waals surface area contributed by atoms with Crippen LogP contribution in [0.2, 0.25) is 0 Å². The Morgan fingerprint density at radius 1 is 1.26 bits per heavy atom. The molecule has 2 rings (SSSR count). The number of carboxylic acid groups (broad SMARTS) is 1. The SMILES string of the molecule is CC(CC1CCC1)N(C)C1(CC(=O)O)CCCCC1. The van der Waals surface area contributed by atoms with Gasteiger partial charge in [-0.2, -0.15) is 0 Å². The molecule has 0 aromatic carbocycles. The van der Waals surface area contributed by atoms with Crippen molar-refractivity contribution < 1.29 is 9.90 Å². The van der Waals surface area contributed by atoms with Crippen molar-refractivity contribution >= 4 is 5.97 Å². The van der Waals surface area contributed by atoms with Crippen LogP contribution in [-0.2, 0) is 4.79 Å².